The van der Waals surface area contributed by atoms with E-state index in [1.165, 1.54) is 12.8 Å². The number of thiocarbonyl (C=S) groups is 1. The number of benzene rings is 2. The number of carbonyl (C=O) groups is 2. The van der Waals surface area contributed by atoms with Crippen LogP contribution in [0.3, 0.4) is 0 Å². The van der Waals surface area contributed by atoms with Crippen LogP contribution in [-0.4, -0.2) is 23.5 Å². The molecule has 0 saturated carbocycles. The van der Waals surface area contributed by atoms with E-state index in [-0.39, 0.29) is 16.9 Å². The van der Waals surface area contributed by atoms with Gasteiger partial charge in [-0.1, -0.05) is 44.4 Å². The van der Waals surface area contributed by atoms with Crippen LogP contribution in [0.1, 0.15) is 58.9 Å². The number of amides is 2. The summed E-state index contributed by atoms with van der Waals surface area (Å²) in [5, 5.41) is 2.54. The van der Waals surface area contributed by atoms with E-state index in [4.69, 9.17) is 17.0 Å². The first-order valence-corrected chi connectivity index (χ1v) is 10.1. The molecule has 0 aliphatic heterocycles. The van der Waals surface area contributed by atoms with Crippen molar-refractivity contribution < 1.29 is 14.3 Å². The molecule has 0 spiro atoms. The Kier molecular flexibility index (Phi) is 9.11. The van der Waals surface area contributed by atoms with Crippen LogP contribution < -0.4 is 20.9 Å². The summed E-state index contributed by atoms with van der Waals surface area (Å²) >= 11 is 5.07. The van der Waals surface area contributed by atoms with Crippen LogP contribution in [0.2, 0.25) is 0 Å². The van der Waals surface area contributed by atoms with Gasteiger partial charge in [-0.05, 0) is 61.5 Å². The van der Waals surface area contributed by atoms with E-state index in [9.17, 15) is 9.59 Å². The zero-order valence-corrected chi connectivity index (χ0v) is 17.6. The highest BCUT2D eigenvalue weighted by Gasteiger charge is 2.11. The second kappa shape index (κ2) is 11.8. The first kappa shape index (κ1) is 22.4. The molecule has 0 heterocycles. The molecule has 3 N–H and O–H groups in total. The molecule has 0 aliphatic rings. The number of unbranched alkanes of at least 4 members (excludes halogenated alkanes) is 3. The van der Waals surface area contributed by atoms with Crippen molar-refractivity contribution in [1.82, 2.24) is 16.2 Å². The number of ether oxygens (including phenoxy) is 1. The van der Waals surface area contributed by atoms with Gasteiger partial charge in [0.15, 0.2) is 5.11 Å². The number of hydrogen-bond donors (Lipinski definition) is 3. The molecule has 0 saturated heterocycles. The average Bonchev–Trinajstić information content (AvgIpc) is 2.72. The lowest BCUT2D eigenvalue weighted by Crippen LogP contribution is -2.48. The first-order valence-electron chi connectivity index (χ1n) is 9.71. The Hall–Kier alpha value is -2.93. The smallest absolute Gasteiger partial charge is 0.269 e. The molecule has 0 bridgehead atoms. The molecule has 154 valence electrons. The van der Waals surface area contributed by atoms with E-state index >= 15 is 0 Å². The summed E-state index contributed by atoms with van der Waals surface area (Å²) in [6.07, 6.45) is 4.57. The maximum Gasteiger partial charge on any atom is 0.269 e. The van der Waals surface area contributed by atoms with Crippen LogP contribution in [0.4, 0.5) is 0 Å². The fourth-order valence-corrected chi connectivity index (χ4v) is 2.78. The third-order valence-corrected chi connectivity index (χ3v) is 4.49. The molecule has 2 rings (SSSR count). The van der Waals surface area contributed by atoms with Crippen molar-refractivity contribution >= 4 is 29.1 Å². The van der Waals surface area contributed by atoms with Crippen molar-refractivity contribution in [2.45, 2.75) is 39.5 Å². The quantitative estimate of drug-likeness (QED) is 0.347. The van der Waals surface area contributed by atoms with Crippen LogP contribution in [0.15, 0.2) is 48.5 Å². The number of rotatable bonds is 8. The second-order valence-electron chi connectivity index (χ2n) is 6.61. The molecular formula is C22H27N3O3S. The fourth-order valence-electron chi connectivity index (χ4n) is 2.64. The number of aryl methyl sites for hydroxylation is 1. The van der Waals surface area contributed by atoms with Crippen LogP contribution in [0.5, 0.6) is 5.75 Å². The third kappa shape index (κ3) is 7.54. The van der Waals surface area contributed by atoms with Gasteiger partial charge in [0, 0.05) is 11.1 Å². The van der Waals surface area contributed by atoms with Crippen molar-refractivity contribution in [2.75, 3.05) is 6.61 Å². The fraction of sp³-hybridized carbons (Fsp3) is 0.318. The Labute approximate surface area is 177 Å². The van der Waals surface area contributed by atoms with Gasteiger partial charge >= 0.3 is 0 Å². The van der Waals surface area contributed by atoms with Gasteiger partial charge in [0.2, 0.25) is 0 Å². The Balaban J connectivity index is 1.76. The lowest BCUT2D eigenvalue weighted by atomic mass is 10.1. The van der Waals surface area contributed by atoms with Crippen molar-refractivity contribution in [3.63, 3.8) is 0 Å². The van der Waals surface area contributed by atoms with Crippen molar-refractivity contribution in [1.29, 1.82) is 0 Å². The summed E-state index contributed by atoms with van der Waals surface area (Å²) in [7, 11) is 0. The molecule has 2 aromatic rings. The van der Waals surface area contributed by atoms with E-state index in [2.05, 4.69) is 23.1 Å². The number of carbonyl (C=O) groups excluding carboxylic acids is 2. The van der Waals surface area contributed by atoms with Crippen LogP contribution >= 0.6 is 12.2 Å². The molecule has 0 aliphatic carbocycles. The van der Waals surface area contributed by atoms with Gasteiger partial charge < -0.3 is 4.74 Å². The van der Waals surface area contributed by atoms with Gasteiger partial charge in [-0.2, -0.15) is 0 Å². The van der Waals surface area contributed by atoms with Crippen LogP contribution in [0, 0.1) is 6.92 Å². The molecule has 7 heteroatoms. The SMILES string of the molecule is CCCCCCOc1ccc(C(=O)NC(=S)NNC(=O)c2ccccc2C)cc1. The Morgan fingerprint density at radius 3 is 2.34 bits per heavy atom. The summed E-state index contributed by atoms with van der Waals surface area (Å²) < 4.78 is 5.67. The maximum absolute atomic E-state index is 12.3. The van der Waals surface area contributed by atoms with Gasteiger partial charge in [0.1, 0.15) is 5.75 Å². The van der Waals surface area contributed by atoms with Gasteiger partial charge in [-0.25, -0.2) is 0 Å². The minimum absolute atomic E-state index is 0.00758. The Morgan fingerprint density at radius 2 is 1.66 bits per heavy atom. The highest BCUT2D eigenvalue weighted by Crippen LogP contribution is 2.13. The van der Waals surface area contributed by atoms with Crippen molar-refractivity contribution in [3.05, 3.63) is 65.2 Å². The standard InChI is InChI=1S/C22H27N3O3S/c1-3-4-5-8-15-28-18-13-11-17(12-14-18)20(26)23-22(29)25-24-21(27)19-10-7-6-9-16(19)2/h6-7,9-14H,3-5,8,15H2,1-2H3,(H,24,27)(H2,23,25,26,29). The van der Waals surface area contributed by atoms with E-state index < -0.39 is 0 Å². The van der Waals surface area contributed by atoms with E-state index in [1.54, 1.807) is 36.4 Å². The van der Waals surface area contributed by atoms with E-state index in [1.807, 2.05) is 19.1 Å². The topological polar surface area (TPSA) is 79.5 Å². The average molecular weight is 414 g/mol. The van der Waals surface area contributed by atoms with Gasteiger partial charge in [0.05, 0.1) is 6.61 Å². The molecule has 2 amide bonds. The minimum atomic E-state index is -0.373. The molecular weight excluding hydrogens is 386 g/mol. The molecule has 29 heavy (non-hydrogen) atoms. The van der Waals surface area contributed by atoms with Gasteiger partial charge in [-0.15, -0.1) is 0 Å². The second-order valence-corrected chi connectivity index (χ2v) is 7.02. The molecule has 0 radical (unpaired) electrons. The maximum atomic E-state index is 12.3. The summed E-state index contributed by atoms with van der Waals surface area (Å²) in [6.45, 7) is 4.68. The van der Waals surface area contributed by atoms with E-state index in [0.29, 0.717) is 17.7 Å². The Morgan fingerprint density at radius 1 is 0.931 bits per heavy atom. The predicted molar refractivity (Wildman–Crippen MR) is 118 cm³/mol. The molecule has 2 aromatic carbocycles. The first-order chi connectivity index (χ1) is 14.0. The predicted octanol–water partition coefficient (Wildman–Crippen LogP) is 3.90. The molecule has 6 nitrogen and oxygen atoms in total. The monoisotopic (exact) mass is 413 g/mol. The third-order valence-electron chi connectivity index (χ3n) is 4.29. The molecule has 0 fully saturated rings. The van der Waals surface area contributed by atoms with Crippen molar-refractivity contribution in [3.8, 4) is 5.75 Å². The van der Waals surface area contributed by atoms with E-state index in [0.717, 1.165) is 24.2 Å². The largest absolute Gasteiger partial charge is 0.494 e. The molecule has 0 unspecified atom stereocenters. The Bertz CT molecular complexity index is 837. The summed E-state index contributed by atoms with van der Waals surface area (Å²) in [6, 6.07) is 14.0. The number of hydrogen-bond acceptors (Lipinski definition) is 4. The zero-order chi connectivity index (χ0) is 21.1. The van der Waals surface area contributed by atoms with Crippen LogP contribution in [-0.2, 0) is 0 Å². The van der Waals surface area contributed by atoms with Gasteiger partial charge in [-0.3, -0.25) is 25.8 Å². The lowest BCUT2D eigenvalue weighted by molar-refractivity contribution is 0.0934. The molecule has 0 atom stereocenters. The highest BCUT2D eigenvalue weighted by atomic mass is 32.1. The molecule has 0 aromatic heterocycles. The normalized spacial score (nSPS) is 10.1. The summed E-state index contributed by atoms with van der Waals surface area (Å²) in [5.41, 5.74) is 6.83. The summed E-state index contributed by atoms with van der Waals surface area (Å²) in [5.74, 6) is 0.0199. The number of hydrazine groups is 1. The van der Waals surface area contributed by atoms with Gasteiger partial charge in [0.25, 0.3) is 11.8 Å². The summed E-state index contributed by atoms with van der Waals surface area (Å²) in [4.78, 5) is 24.4. The number of nitrogens with one attached hydrogen (secondary N) is 3. The minimum Gasteiger partial charge on any atom is -0.494 e. The lowest BCUT2D eigenvalue weighted by Gasteiger charge is -2.12. The van der Waals surface area contributed by atoms with Crippen LogP contribution in [0.25, 0.3) is 0 Å². The zero-order valence-electron chi connectivity index (χ0n) is 16.8. The highest BCUT2D eigenvalue weighted by molar-refractivity contribution is 7.80. The van der Waals surface area contributed by atoms with Crippen molar-refractivity contribution in [2.24, 2.45) is 0 Å².